The number of nitrogens with zero attached hydrogens (tertiary/aromatic N) is 7. The standard InChI is InChI=1S/C30H27BFN9/c1-28(2,3)18-37-27-21(14-35)15-36-26-20(13-34)10-23(11-24(26)27)38-30(31,22-6-4-5-19(9-22)12-33)25-16-41(40-39-25)29(17-32)7-8-29/h4-6,9-11,15-16,38H,7-8,17-18H2,1-3H3,(H,36,37). The van der Waals surface area contributed by atoms with E-state index in [9.17, 15) is 20.2 Å². The largest absolute Gasteiger partial charge is 0.383 e. The minimum atomic E-state index is -1.52. The fourth-order valence-corrected chi connectivity index (χ4v) is 4.68. The minimum Gasteiger partial charge on any atom is -0.383 e. The maximum absolute atomic E-state index is 13.8. The highest BCUT2D eigenvalue weighted by molar-refractivity contribution is 6.19. The van der Waals surface area contributed by atoms with Crippen molar-refractivity contribution >= 4 is 30.1 Å². The van der Waals surface area contributed by atoms with Crippen LogP contribution in [0.1, 0.15) is 61.6 Å². The monoisotopic (exact) mass is 543 g/mol. The molecule has 2 radical (unpaired) electrons. The Bertz CT molecular complexity index is 1770. The summed E-state index contributed by atoms with van der Waals surface area (Å²) >= 11 is 0. The quantitative estimate of drug-likeness (QED) is 0.301. The van der Waals surface area contributed by atoms with E-state index in [0.717, 1.165) is 0 Å². The Kier molecular flexibility index (Phi) is 6.89. The number of nitriles is 3. The summed E-state index contributed by atoms with van der Waals surface area (Å²) in [5.74, 6) is 0. The van der Waals surface area contributed by atoms with Gasteiger partial charge in [0.1, 0.15) is 32.4 Å². The van der Waals surface area contributed by atoms with Crippen LogP contribution in [0, 0.1) is 39.4 Å². The summed E-state index contributed by atoms with van der Waals surface area (Å²) in [5, 5.41) is 45.2. The van der Waals surface area contributed by atoms with Gasteiger partial charge in [-0.25, -0.2) is 9.07 Å². The van der Waals surface area contributed by atoms with Crippen molar-refractivity contribution in [1.82, 2.24) is 20.0 Å². The zero-order valence-corrected chi connectivity index (χ0v) is 23.0. The van der Waals surface area contributed by atoms with E-state index in [1.54, 1.807) is 42.6 Å². The number of hydrogen-bond donors (Lipinski definition) is 2. The van der Waals surface area contributed by atoms with Crippen molar-refractivity contribution in [3.63, 3.8) is 0 Å². The third-order valence-corrected chi connectivity index (χ3v) is 7.26. The van der Waals surface area contributed by atoms with E-state index in [4.69, 9.17) is 7.85 Å². The fraction of sp³-hybridized carbons (Fsp3) is 0.333. The zero-order chi connectivity index (χ0) is 29.4. The van der Waals surface area contributed by atoms with Crippen LogP contribution >= 0.6 is 0 Å². The molecule has 2 heterocycles. The highest BCUT2D eigenvalue weighted by Crippen LogP contribution is 2.44. The van der Waals surface area contributed by atoms with Gasteiger partial charge in [-0.2, -0.15) is 15.8 Å². The normalized spacial score (nSPS) is 15.2. The second-order valence-corrected chi connectivity index (χ2v) is 11.6. The van der Waals surface area contributed by atoms with E-state index in [0.29, 0.717) is 64.0 Å². The highest BCUT2D eigenvalue weighted by Gasteiger charge is 2.47. The first-order chi connectivity index (χ1) is 19.6. The van der Waals surface area contributed by atoms with E-state index >= 15 is 0 Å². The lowest BCUT2D eigenvalue weighted by atomic mass is 9.69. The van der Waals surface area contributed by atoms with Crippen LogP contribution in [-0.2, 0) is 11.0 Å². The summed E-state index contributed by atoms with van der Waals surface area (Å²) in [6.45, 7) is 6.22. The number of nitrogens with one attached hydrogen (secondary N) is 2. The molecule has 0 bridgehead atoms. The van der Waals surface area contributed by atoms with Gasteiger partial charge in [-0.15, -0.1) is 5.10 Å². The molecule has 4 aromatic rings. The molecule has 9 nitrogen and oxygen atoms in total. The van der Waals surface area contributed by atoms with Crippen LogP contribution in [0.3, 0.4) is 0 Å². The maximum atomic E-state index is 13.8. The molecule has 41 heavy (non-hydrogen) atoms. The third-order valence-electron chi connectivity index (χ3n) is 7.26. The van der Waals surface area contributed by atoms with Crippen LogP contribution in [-0.4, -0.2) is 41.0 Å². The molecule has 2 aromatic heterocycles. The first-order valence-corrected chi connectivity index (χ1v) is 13.1. The van der Waals surface area contributed by atoms with Gasteiger partial charge < -0.3 is 10.6 Å². The van der Waals surface area contributed by atoms with Crippen molar-refractivity contribution in [2.75, 3.05) is 23.9 Å². The number of aromatic nitrogens is 4. The lowest BCUT2D eigenvalue weighted by Crippen LogP contribution is -2.38. The van der Waals surface area contributed by atoms with Crippen molar-refractivity contribution in [2.45, 2.75) is 44.6 Å². The summed E-state index contributed by atoms with van der Waals surface area (Å²) < 4.78 is 15.3. The van der Waals surface area contributed by atoms with Crippen molar-refractivity contribution in [2.24, 2.45) is 5.41 Å². The van der Waals surface area contributed by atoms with Crippen molar-refractivity contribution in [3.05, 3.63) is 76.7 Å². The average molecular weight is 543 g/mol. The van der Waals surface area contributed by atoms with Gasteiger partial charge in [0.2, 0.25) is 0 Å². The molecule has 1 fully saturated rings. The van der Waals surface area contributed by atoms with Gasteiger partial charge in [0.25, 0.3) is 0 Å². The smallest absolute Gasteiger partial charge is 0.119 e. The number of rotatable bonds is 8. The van der Waals surface area contributed by atoms with Crippen LogP contribution in [0.2, 0.25) is 0 Å². The molecule has 1 aliphatic rings. The number of halogens is 1. The van der Waals surface area contributed by atoms with Gasteiger partial charge in [-0.05, 0) is 48.1 Å². The zero-order valence-electron chi connectivity index (χ0n) is 23.0. The molecule has 11 heteroatoms. The average Bonchev–Trinajstić information content (AvgIpc) is 3.60. The Hall–Kier alpha value is -4.95. The molecule has 202 valence electrons. The van der Waals surface area contributed by atoms with E-state index in [2.05, 4.69) is 64.9 Å². The lowest BCUT2D eigenvalue weighted by Gasteiger charge is -2.32. The van der Waals surface area contributed by atoms with Crippen molar-refractivity contribution in [3.8, 4) is 18.2 Å². The van der Waals surface area contributed by atoms with Crippen molar-refractivity contribution in [1.29, 1.82) is 15.8 Å². The first-order valence-electron chi connectivity index (χ1n) is 13.1. The lowest BCUT2D eigenvalue weighted by molar-refractivity contribution is 0.309. The molecule has 0 spiro atoms. The number of benzene rings is 2. The van der Waals surface area contributed by atoms with Crippen LogP contribution in [0.5, 0.6) is 0 Å². The predicted octanol–water partition coefficient (Wildman–Crippen LogP) is 4.84. The van der Waals surface area contributed by atoms with E-state index in [-0.39, 0.29) is 11.0 Å². The van der Waals surface area contributed by atoms with E-state index < -0.39 is 17.7 Å². The predicted molar refractivity (Wildman–Crippen MR) is 154 cm³/mol. The molecular weight excluding hydrogens is 516 g/mol. The second kappa shape index (κ2) is 10.2. The van der Waals surface area contributed by atoms with Gasteiger partial charge in [0.05, 0.1) is 51.1 Å². The Morgan fingerprint density at radius 2 is 1.83 bits per heavy atom. The fourth-order valence-electron chi connectivity index (χ4n) is 4.68. The molecule has 0 aliphatic heterocycles. The molecule has 1 aliphatic carbocycles. The second-order valence-electron chi connectivity index (χ2n) is 11.6. The summed E-state index contributed by atoms with van der Waals surface area (Å²) in [7, 11) is 7.06. The minimum absolute atomic E-state index is 0.0846. The Morgan fingerprint density at radius 1 is 1.07 bits per heavy atom. The van der Waals surface area contributed by atoms with Crippen LogP contribution in [0.4, 0.5) is 15.8 Å². The Morgan fingerprint density at radius 3 is 2.46 bits per heavy atom. The molecule has 0 amide bonds. The molecule has 5 rings (SSSR count). The summed E-state index contributed by atoms with van der Waals surface area (Å²) in [6, 6.07) is 16.7. The SMILES string of the molecule is [B]C(Nc1cc(C#N)c2ncc(C#N)c(NCC(C)(C)C)c2c1)(c1cccc(C#N)c1)c1cn(C2(CF)CC2)nn1. The van der Waals surface area contributed by atoms with Crippen molar-refractivity contribution < 1.29 is 4.39 Å². The molecule has 2 aromatic carbocycles. The number of hydrogen-bond acceptors (Lipinski definition) is 8. The van der Waals surface area contributed by atoms with Crippen LogP contribution in [0.15, 0.2) is 48.8 Å². The Labute approximate surface area is 239 Å². The van der Waals surface area contributed by atoms with E-state index in [1.165, 1.54) is 10.9 Å². The first kappa shape index (κ1) is 27.6. The van der Waals surface area contributed by atoms with Gasteiger partial charge in [-0.3, -0.25) is 4.98 Å². The summed E-state index contributed by atoms with van der Waals surface area (Å²) in [5.41, 5.74) is 0.964. The molecule has 1 unspecified atom stereocenters. The van der Waals surface area contributed by atoms with Gasteiger partial charge in [-0.1, -0.05) is 38.1 Å². The topological polar surface area (TPSA) is 139 Å². The summed E-state index contributed by atoms with van der Waals surface area (Å²) in [4.78, 5) is 4.41. The van der Waals surface area contributed by atoms with E-state index in [1.807, 2.05) is 0 Å². The third kappa shape index (κ3) is 5.17. The Balaban J connectivity index is 1.67. The highest BCUT2D eigenvalue weighted by atomic mass is 19.1. The number of fused-ring (bicyclic) bond motifs is 1. The maximum Gasteiger partial charge on any atom is 0.119 e. The number of anilines is 2. The number of pyridine rings is 1. The molecule has 0 saturated heterocycles. The molecule has 1 atom stereocenters. The summed E-state index contributed by atoms with van der Waals surface area (Å²) in [6.07, 6.45) is 4.38. The van der Waals surface area contributed by atoms with Crippen LogP contribution < -0.4 is 10.6 Å². The molecule has 2 N–H and O–H groups in total. The molecular formula is C30H27BFN9. The van der Waals surface area contributed by atoms with Crippen LogP contribution in [0.25, 0.3) is 10.9 Å². The molecule has 1 saturated carbocycles. The van der Waals surface area contributed by atoms with Gasteiger partial charge in [0.15, 0.2) is 0 Å². The number of alkyl halides is 1. The van der Waals surface area contributed by atoms with Gasteiger partial charge in [0, 0.05) is 23.8 Å². The van der Waals surface area contributed by atoms with Gasteiger partial charge >= 0.3 is 0 Å².